The van der Waals surface area contributed by atoms with Crippen LogP contribution in [0.2, 0.25) is 0 Å². The fourth-order valence-corrected chi connectivity index (χ4v) is 4.04. The third-order valence-corrected chi connectivity index (χ3v) is 5.53. The van der Waals surface area contributed by atoms with Crippen molar-refractivity contribution in [2.45, 2.75) is 34.1 Å². The Morgan fingerprint density at radius 1 is 1.03 bits per heavy atom. The molecule has 6 heteroatoms. The van der Waals surface area contributed by atoms with E-state index in [1.54, 1.807) is 4.90 Å². The maximum absolute atomic E-state index is 12.8. The lowest BCUT2D eigenvalue weighted by Crippen LogP contribution is -2.28. The molecule has 0 saturated carbocycles. The van der Waals surface area contributed by atoms with Gasteiger partial charge in [-0.25, -0.2) is 4.68 Å². The molecule has 2 aromatic carbocycles. The van der Waals surface area contributed by atoms with Crippen LogP contribution in [-0.4, -0.2) is 28.1 Å². The third kappa shape index (κ3) is 3.85. The predicted octanol–water partition coefficient (Wildman–Crippen LogP) is 4.10. The Morgan fingerprint density at radius 3 is 2.40 bits per heavy atom. The summed E-state index contributed by atoms with van der Waals surface area (Å²) in [5, 5.41) is 7.43. The van der Waals surface area contributed by atoms with Crippen molar-refractivity contribution in [3.05, 3.63) is 71.0 Å². The lowest BCUT2D eigenvalue weighted by atomic mass is 10.1. The molecule has 2 amide bonds. The van der Waals surface area contributed by atoms with E-state index >= 15 is 0 Å². The Balaban J connectivity index is 1.44. The molecule has 1 aliphatic heterocycles. The van der Waals surface area contributed by atoms with Gasteiger partial charge >= 0.3 is 0 Å². The maximum atomic E-state index is 12.8. The molecule has 1 saturated heterocycles. The average molecular weight is 402 g/mol. The van der Waals surface area contributed by atoms with Gasteiger partial charge in [0.25, 0.3) is 0 Å². The summed E-state index contributed by atoms with van der Waals surface area (Å²) in [4.78, 5) is 27.1. The molecule has 0 aliphatic carbocycles. The first-order chi connectivity index (χ1) is 14.3. The number of nitrogens with zero attached hydrogens (tertiary/aromatic N) is 3. The second-order valence-corrected chi connectivity index (χ2v) is 8.07. The molecule has 6 nitrogen and oxygen atoms in total. The minimum absolute atomic E-state index is 0.0121. The van der Waals surface area contributed by atoms with Crippen molar-refractivity contribution >= 4 is 23.2 Å². The summed E-state index contributed by atoms with van der Waals surface area (Å²) >= 11 is 0. The highest BCUT2D eigenvalue weighted by molar-refractivity contribution is 6.03. The topological polar surface area (TPSA) is 67.2 Å². The summed E-state index contributed by atoms with van der Waals surface area (Å²) in [7, 11) is 0. The molecule has 154 valence electrons. The van der Waals surface area contributed by atoms with Crippen molar-refractivity contribution in [1.29, 1.82) is 0 Å². The Bertz CT molecular complexity index is 1110. The largest absolute Gasteiger partial charge is 0.326 e. The lowest BCUT2D eigenvalue weighted by Gasteiger charge is -2.19. The Kier molecular flexibility index (Phi) is 5.16. The number of rotatable bonds is 4. The van der Waals surface area contributed by atoms with Crippen LogP contribution in [0.5, 0.6) is 0 Å². The van der Waals surface area contributed by atoms with E-state index in [0.29, 0.717) is 12.2 Å². The van der Waals surface area contributed by atoms with E-state index in [-0.39, 0.29) is 24.2 Å². The molecule has 1 N–H and O–H groups in total. The van der Waals surface area contributed by atoms with Crippen LogP contribution in [-0.2, 0) is 9.59 Å². The molecule has 0 spiro atoms. The van der Waals surface area contributed by atoms with Crippen molar-refractivity contribution < 1.29 is 9.59 Å². The molecular formula is C24H26N4O2. The molecule has 1 atom stereocenters. The van der Waals surface area contributed by atoms with E-state index in [9.17, 15) is 9.59 Å². The van der Waals surface area contributed by atoms with Crippen LogP contribution in [0.4, 0.5) is 11.4 Å². The molecular weight excluding hydrogens is 376 g/mol. The standard InChI is InChI=1S/C24H26N4O2/c1-15-5-10-22(16(2)11-15)27-14-19(13-23(27)29)24(30)25-20-6-8-21(9-7-20)28-18(4)12-17(3)26-28/h5-12,19H,13-14H2,1-4H3,(H,25,30)/t19-/m0/s1. The second-order valence-electron chi connectivity index (χ2n) is 8.07. The lowest BCUT2D eigenvalue weighted by molar-refractivity contribution is -0.122. The minimum atomic E-state index is -0.367. The Labute approximate surface area is 176 Å². The van der Waals surface area contributed by atoms with Crippen LogP contribution in [0.25, 0.3) is 5.69 Å². The van der Waals surface area contributed by atoms with Crippen LogP contribution >= 0.6 is 0 Å². The van der Waals surface area contributed by atoms with Crippen LogP contribution in [0.3, 0.4) is 0 Å². The number of hydrogen-bond acceptors (Lipinski definition) is 3. The molecule has 0 radical (unpaired) electrons. The van der Waals surface area contributed by atoms with Gasteiger partial charge in [-0.1, -0.05) is 17.7 Å². The summed E-state index contributed by atoms with van der Waals surface area (Å²) in [5.74, 6) is -0.509. The monoisotopic (exact) mass is 402 g/mol. The number of carbonyl (C=O) groups excluding carboxylic acids is 2. The van der Waals surface area contributed by atoms with Crippen molar-refractivity contribution in [3.8, 4) is 5.69 Å². The first-order valence-corrected chi connectivity index (χ1v) is 10.1. The molecule has 0 unspecified atom stereocenters. The molecule has 4 rings (SSSR count). The van der Waals surface area contributed by atoms with Gasteiger partial charge in [0.15, 0.2) is 0 Å². The van der Waals surface area contributed by atoms with Crippen LogP contribution < -0.4 is 10.2 Å². The van der Waals surface area contributed by atoms with E-state index in [1.165, 1.54) is 0 Å². The van der Waals surface area contributed by atoms with Gasteiger partial charge in [0.1, 0.15) is 0 Å². The highest BCUT2D eigenvalue weighted by Gasteiger charge is 2.35. The Hall–Kier alpha value is -3.41. The summed E-state index contributed by atoms with van der Waals surface area (Å²) in [6.07, 6.45) is 0.225. The SMILES string of the molecule is Cc1ccc(N2C[C@@H](C(=O)Nc3ccc(-n4nc(C)cc4C)cc3)CC2=O)c(C)c1. The summed E-state index contributed by atoms with van der Waals surface area (Å²) in [5.41, 5.74) is 6.75. The molecule has 0 bridgehead atoms. The van der Waals surface area contributed by atoms with Crippen LogP contribution in [0, 0.1) is 33.6 Å². The highest BCUT2D eigenvalue weighted by Crippen LogP contribution is 2.29. The smallest absolute Gasteiger partial charge is 0.229 e. The number of anilines is 2. The van der Waals surface area contributed by atoms with Crippen molar-refractivity contribution in [3.63, 3.8) is 0 Å². The van der Waals surface area contributed by atoms with Crippen molar-refractivity contribution in [1.82, 2.24) is 9.78 Å². The molecule has 1 fully saturated rings. The molecule has 2 heterocycles. The minimum Gasteiger partial charge on any atom is -0.326 e. The van der Waals surface area contributed by atoms with Gasteiger partial charge in [-0.3, -0.25) is 9.59 Å². The highest BCUT2D eigenvalue weighted by atomic mass is 16.2. The van der Waals surface area contributed by atoms with Crippen molar-refractivity contribution in [2.75, 3.05) is 16.8 Å². The van der Waals surface area contributed by atoms with E-state index in [2.05, 4.69) is 16.5 Å². The number of carbonyl (C=O) groups is 2. The van der Waals surface area contributed by atoms with Crippen molar-refractivity contribution in [2.24, 2.45) is 5.92 Å². The zero-order valence-corrected chi connectivity index (χ0v) is 17.8. The number of aromatic nitrogens is 2. The van der Waals surface area contributed by atoms with Gasteiger partial charge in [-0.15, -0.1) is 0 Å². The number of benzene rings is 2. The van der Waals surface area contributed by atoms with E-state index < -0.39 is 0 Å². The van der Waals surface area contributed by atoms with Crippen LogP contribution in [0.15, 0.2) is 48.5 Å². The second kappa shape index (κ2) is 7.78. The van der Waals surface area contributed by atoms with E-state index in [1.807, 2.05) is 74.8 Å². The van der Waals surface area contributed by atoms with Gasteiger partial charge in [-0.05, 0) is 69.7 Å². The molecule has 30 heavy (non-hydrogen) atoms. The van der Waals surface area contributed by atoms with Gasteiger partial charge in [0.05, 0.1) is 17.3 Å². The quantitative estimate of drug-likeness (QED) is 0.715. The van der Waals surface area contributed by atoms with Gasteiger partial charge < -0.3 is 10.2 Å². The first-order valence-electron chi connectivity index (χ1n) is 10.1. The number of nitrogens with one attached hydrogen (secondary N) is 1. The van der Waals surface area contributed by atoms with E-state index in [0.717, 1.165) is 33.9 Å². The van der Waals surface area contributed by atoms with Crippen LogP contribution in [0.1, 0.15) is 28.9 Å². The zero-order valence-electron chi connectivity index (χ0n) is 17.8. The predicted molar refractivity (Wildman–Crippen MR) is 118 cm³/mol. The van der Waals surface area contributed by atoms with Gasteiger partial charge in [0, 0.05) is 30.0 Å². The fourth-order valence-electron chi connectivity index (χ4n) is 4.04. The number of aryl methyl sites for hydroxylation is 4. The summed E-state index contributed by atoms with van der Waals surface area (Å²) in [6.45, 7) is 8.39. The zero-order chi connectivity index (χ0) is 21.4. The molecule has 1 aliphatic rings. The van der Waals surface area contributed by atoms with E-state index in [4.69, 9.17) is 0 Å². The van der Waals surface area contributed by atoms with Gasteiger partial charge in [0.2, 0.25) is 11.8 Å². The Morgan fingerprint density at radius 2 is 1.77 bits per heavy atom. The molecule has 1 aromatic heterocycles. The third-order valence-electron chi connectivity index (χ3n) is 5.53. The summed E-state index contributed by atoms with van der Waals surface area (Å²) < 4.78 is 1.87. The number of amides is 2. The molecule has 3 aromatic rings. The number of hydrogen-bond donors (Lipinski definition) is 1. The fraction of sp³-hybridized carbons (Fsp3) is 0.292. The summed E-state index contributed by atoms with van der Waals surface area (Å²) in [6, 6.07) is 15.6. The van der Waals surface area contributed by atoms with Gasteiger partial charge in [-0.2, -0.15) is 5.10 Å². The maximum Gasteiger partial charge on any atom is 0.229 e. The normalized spacial score (nSPS) is 16.2. The average Bonchev–Trinajstić information content (AvgIpc) is 3.24. The first kappa shape index (κ1) is 19.9.